The fraction of sp³-hybridized carbons (Fsp3) is 0.636. The van der Waals surface area contributed by atoms with Crippen LogP contribution in [0, 0.1) is 0 Å². The van der Waals surface area contributed by atoms with E-state index in [1.54, 1.807) is 12.5 Å². The molecule has 0 radical (unpaired) electrons. The Kier molecular flexibility index (Phi) is 3.24. The zero-order valence-corrected chi connectivity index (χ0v) is 9.93. The molecule has 1 aliphatic heterocycles. The highest BCUT2D eigenvalue weighted by molar-refractivity contribution is 5.61. The summed E-state index contributed by atoms with van der Waals surface area (Å²) in [4.78, 5) is 12.8. The summed E-state index contributed by atoms with van der Waals surface area (Å²) in [6.07, 6.45) is 4.38. The lowest BCUT2D eigenvalue weighted by Gasteiger charge is -2.29. The molecule has 0 aliphatic carbocycles. The molecular weight excluding hydrogens is 202 g/mol. The molecule has 0 saturated carbocycles. The van der Waals surface area contributed by atoms with Crippen molar-refractivity contribution in [2.75, 3.05) is 37.3 Å². The lowest BCUT2D eigenvalue weighted by atomic mass is 10.2. The fourth-order valence-electron chi connectivity index (χ4n) is 2.26. The van der Waals surface area contributed by atoms with Gasteiger partial charge in [0.05, 0.1) is 11.9 Å². The first-order valence-electron chi connectivity index (χ1n) is 5.69. The highest BCUT2D eigenvalue weighted by Crippen LogP contribution is 2.22. The van der Waals surface area contributed by atoms with Crippen LogP contribution >= 0.6 is 0 Å². The van der Waals surface area contributed by atoms with E-state index in [9.17, 15) is 0 Å². The number of nitrogens with two attached hydrogens (primary N) is 1. The van der Waals surface area contributed by atoms with Gasteiger partial charge < -0.3 is 15.5 Å². The standard InChI is InChI=1S/C11H19N5/c1-9-7-15(2)4-3-5-16(9)11-10(12)6-13-8-14-11/h6,8-9H,3-5,7,12H2,1-2H3. The largest absolute Gasteiger partial charge is 0.394 e. The van der Waals surface area contributed by atoms with Gasteiger partial charge in [-0.1, -0.05) is 0 Å². The van der Waals surface area contributed by atoms with Crippen LogP contribution in [-0.2, 0) is 0 Å². The molecule has 0 amide bonds. The number of likely N-dealkylation sites (N-methyl/N-ethyl adjacent to an activating group) is 1. The Morgan fingerprint density at radius 3 is 3.00 bits per heavy atom. The van der Waals surface area contributed by atoms with E-state index in [1.165, 1.54) is 0 Å². The van der Waals surface area contributed by atoms with Crippen LogP contribution < -0.4 is 10.6 Å². The molecular formula is C11H19N5. The molecule has 2 N–H and O–H groups in total. The third kappa shape index (κ3) is 2.24. The average Bonchev–Trinajstić information content (AvgIpc) is 2.40. The number of nitrogens with zero attached hydrogens (tertiary/aromatic N) is 4. The molecule has 2 heterocycles. The van der Waals surface area contributed by atoms with E-state index >= 15 is 0 Å². The van der Waals surface area contributed by atoms with Crippen LogP contribution in [0.25, 0.3) is 0 Å². The number of rotatable bonds is 1. The summed E-state index contributed by atoms with van der Waals surface area (Å²) in [7, 11) is 2.16. The van der Waals surface area contributed by atoms with Gasteiger partial charge in [-0.05, 0) is 26.9 Å². The molecule has 0 spiro atoms. The smallest absolute Gasteiger partial charge is 0.155 e. The SMILES string of the molecule is CC1CN(C)CCCN1c1ncncc1N. The summed E-state index contributed by atoms with van der Waals surface area (Å²) in [5.41, 5.74) is 6.58. The van der Waals surface area contributed by atoms with Crippen molar-refractivity contribution >= 4 is 11.5 Å². The molecule has 5 heteroatoms. The van der Waals surface area contributed by atoms with Crippen LogP contribution in [0.5, 0.6) is 0 Å². The average molecular weight is 221 g/mol. The Balaban J connectivity index is 2.22. The van der Waals surface area contributed by atoms with Gasteiger partial charge in [0.25, 0.3) is 0 Å². The Hall–Kier alpha value is -1.36. The Labute approximate surface area is 96.3 Å². The predicted molar refractivity (Wildman–Crippen MR) is 65.4 cm³/mol. The quantitative estimate of drug-likeness (QED) is 0.752. The zero-order chi connectivity index (χ0) is 11.5. The number of hydrogen-bond acceptors (Lipinski definition) is 5. The van der Waals surface area contributed by atoms with Gasteiger partial charge in [-0.15, -0.1) is 0 Å². The van der Waals surface area contributed by atoms with Gasteiger partial charge in [0, 0.05) is 19.1 Å². The van der Waals surface area contributed by atoms with E-state index < -0.39 is 0 Å². The number of aromatic nitrogens is 2. The second-order valence-corrected chi connectivity index (χ2v) is 4.46. The second-order valence-electron chi connectivity index (χ2n) is 4.46. The second kappa shape index (κ2) is 4.65. The van der Waals surface area contributed by atoms with Crippen LogP contribution in [0.1, 0.15) is 13.3 Å². The van der Waals surface area contributed by atoms with Gasteiger partial charge in [-0.2, -0.15) is 0 Å². The van der Waals surface area contributed by atoms with Crippen LogP contribution in [0.3, 0.4) is 0 Å². The number of anilines is 2. The van der Waals surface area contributed by atoms with Crippen molar-refractivity contribution < 1.29 is 0 Å². The normalized spacial score (nSPS) is 23.1. The van der Waals surface area contributed by atoms with Crippen molar-refractivity contribution in [2.24, 2.45) is 0 Å². The zero-order valence-electron chi connectivity index (χ0n) is 9.93. The Morgan fingerprint density at radius 1 is 1.44 bits per heavy atom. The molecule has 0 aromatic carbocycles. The maximum Gasteiger partial charge on any atom is 0.155 e. The molecule has 88 valence electrons. The third-order valence-corrected chi connectivity index (χ3v) is 3.04. The van der Waals surface area contributed by atoms with Gasteiger partial charge in [0.1, 0.15) is 6.33 Å². The predicted octanol–water partition coefficient (Wildman–Crippen LogP) is 0.589. The number of hydrogen-bond donors (Lipinski definition) is 1. The monoisotopic (exact) mass is 221 g/mol. The van der Waals surface area contributed by atoms with Gasteiger partial charge in [-0.3, -0.25) is 0 Å². The van der Waals surface area contributed by atoms with Gasteiger partial charge in [0.2, 0.25) is 0 Å². The van der Waals surface area contributed by atoms with Gasteiger partial charge in [0.15, 0.2) is 5.82 Å². The van der Waals surface area contributed by atoms with Crippen molar-refractivity contribution in [3.8, 4) is 0 Å². The fourth-order valence-corrected chi connectivity index (χ4v) is 2.26. The van der Waals surface area contributed by atoms with Crippen LogP contribution in [-0.4, -0.2) is 47.6 Å². The summed E-state index contributed by atoms with van der Waals surface area (Å²) in [6.45, 7) is 5.39. The highest BCUT2D eigenvalue weighted by Gasteiger charge is 2.22. The topological polar surface area (TPSA) is 58.3 Å². The van der Waals surface area contributed by atoms with Crippen molar-refractivity contribution in [2.45, 2.75) is 19.4 Å². The minimum atomic E-state index is 0.435. The molecule has 16 heavy (non-hydrogen) atoms. The van der Waals surface area contributed by atoms with E-state index in [0.717, 1.165) is 31.9 Å². The molecule has 1 aliphatic rings. The summed E-state index contributed by atoms with van der Waals surface area (Å²) in [5.74, 6) is 0.873. The number of nitrogen functional groups attached to an aromatic ring is 1. The van der Waals surface area contributed by atoms with E-state index in [1.807, 2.05) is 0 Å². The van der Waals surface area contributed by atoms with Crippen molar-refractivity contribution in [1.29, 1.82) is 0 Å². The molecule has 2 rings (SSSR count). The molecule has 1 fully saturated rings. The summed E-state index contributed by atoms with van der Waals surface area (Å²) in [6, 6.07) is 0.435. The van der Waals surface area contributed by atoms with E-state index in [-0.39, 0.29) is 0 Å². The Morgan fingerprint density at radius 2 is 2.25 bits per heavy atom. The third-order valence-electron chi connectivity index (χ3n) is 3.04. The molecule has 1 aromatic heterocycles. The lowest BCUT2D eigenvalue weighted by molar-refractivity contribution is 0.337. The molecule has 1 aromatic rings. The Bertz CT molecular complexity index is 354. The summed E-state index contributed by atoms with van der Waals surface area (Å²) >= 11 is 0. The molecule has 5 nitrogen and oxygen atoms in total. The first-order valence-corrected chi connectivity index (χ1v) is 5.69. The van der Waals surface area contributed by atoms with Crippen molar-refractivity contribution in [3.63, 3.8) is 0 Å². The highest BCUT2D eigenvalue weighted by atomic mass is 15.3. The summed E-state index contributed by atoms with van der Waals surface area (Å²) < 4.78 is 0. The van der Waals surface area contributed by atoms with Crippen LogP contribution in [0.2, 0.25) is 0 Å². The summed E-state index contributed by atoms with van der Waals surface area (Å²) in [5, 5.41) is 0. The van der Waals surface area contributed by atoms with Crippen molar-refractivity contribution in [1.82, 2.24) is 14.9 Å². The van der Waals surface area contributed by atoms with Crippen molar-refractivity contribution in [3.05, 3.63) is 12.5 Å². The van der Waals surface area contributed by atoms with Crippen LogP contribution in [0.15, 0.2) is 12.5 Å². The van der Waals surface area contributed by atoms with Crippen LogP contribution in [0.4, 0.5) is 11.5 Å². The molecule has 1 atom stereocenters. The van der Waals surface area contributed by atoms with E-state index in [4.69, 9.17) is 5.73 Å². The molecule has 1 unspecified atom stereocenters. The molecule has 0 bridgehead atoms. The maximum absolute atomic E-state index is 5.92. The van der Waals surface area contributed by atoms with E-state index in [2.05, 4.69) is 33.7 Å². The van der Waals surface area contributed by atoms with E-state index in [0.29, 0.717) is 11.7 Å². The molecule has 1 saturated heterocycles. The van der Waals surface area contributed by atoms with Gasteiger partial charge >= 0.3 is 0 Å². The maximum atomic E-state index is 5.92. The first kappa shape index (κ1) is 11.1. The minimum Gasteiger partial charge on any atom is -0.394 e. The lowest BCUT2D eigenvalue weighted by Crippen LogP contribution is -2.38. The van der Waals surface area contributed by atoms with Gasteiger partial charge in [-0.25, -0.2) is 9.97 Å². The first-order chi connectivity index (χ1) is 7.68. The minimum absolute atomic E-state index is 0.435.